The number of nitrogens with zero attached hydrogens (tertiary/aromatic N) is 6. The van der Waals surface area contributed by atoms with E-state index < -0.39 is 5.91 Å². The topological polar surface area (TPSA) is 176 Å². The number of hydrazone groups is 1. The van der Waals surface area contributed by atoms with Gasteiger partial charge >= 0.3 is 0 Å². The minimum atomic E-state index is -0.660. The van der Waals surface area contributed by atoms with Crippen molar-refractivity contribution in [2.24, 2.45) is 5.10 Å². The summed E-state index contributed by atoms with van der Waals surface area (Å²) < 4.78 is 15.8. The van der Waals surface area contributed by atoms with Gasteiger partial charge in [0.05, 0.1) is 19.9 Å². The second kappa shape index (κ2) is 8.13. The van der Waals surface area contributed by atoms with Gasteiger partial charge in [-0.25, -0.2) is 10.1 Å². The highest BCUT2D eigenvalue weighted by Gasteiger charge is 2.23. The fourth-order valence-corrected chi connectivity index (χ4v) is 2.27. The van der Waals surface area contributed by atoms with Crippen LogP contribution in [0.3, 0.4) is 0 Å². The number of hydrogen-bond acceptors (Lipinski definition) is 11. The zero-order valence-corrected chi connectivity index (χ0v) is 14.9. The molecule has 0 saturated heterocycles. The molecule has 0 unspecified atom stereocenters. The molecule has 2 heterocycles. The van der Waals surface area contributed by atoms with Gasteiger partial charge < -0.3 is 20.3 Å². The van der Waals surface area contributed by atoms with Crippen LogP contribution in [-0.4, -0.2) is 56.8 Å². The first-order valence-corrected chi connectivity index (χ1v) is 7.78. The van der Waals surface area contributed by atoms with Crippen LogP contribution in [0, 0.1) is 0 Å². The summed E-state index contributed by atoms with van der Waals surface area (Å²) in [6, 6.07) is 4.85. The highest BCUT2D eigenvalue weighted by Crippen LogP contribution is 2.27. The number of nitrogens with one attached hydrogen (secondary N) is 1. The molecule has 0 bridgehead atoms. The average Bonchev–Trinajstić information content (AvgIpc) is 3.29. The molecule has 1 amide bonds. The molecule has 0 radical (unpaired) electrons. The van der Waals surface area contributed by atoms with Crippen LogP contribution < -0.4 is 15.9 Å². The van der Waals surface area contributed by atoms with Gasteiger partial charge in [0.2, 0.25) is 11.6 Å². The second-order valence-electron chi connectivity index (χ2n) is 5.30. The molecule has 3 rings (SSSR count). The van der Waals surface area contributed by atoms with Crippen LogP contribution in [0.25, 0.3) is 5.82 Å². The number of phenols is 1. The van der Waals surface area contributed by atoms with Crippen molar-refractivity contribution in [3.05, 3.63) is 35.2 Å². The van der Waals surface area contributed by atoms with Crippen LogP contribution in [-0.2, 0) is 11.3 Å². The molecule has 0 aliphatic rings. The van der Waals surface area contributed by atoms with E-state index in [9.17, 15) is 9.90 Å². The lowest BCUT2D eigenvalue weighted by molar-refractivity contribution is 0.0944. The molecular formula is C15H16N8O5. The highest BCUT2D eigenvalue weighted by molar-refractivity contribution is 5.94. The number of amides is 1. The molecule has 0 atom stereocenters. The van der Waals surface area contributed by atoms with Gasteiger partial charge in [0.15, 0.2) is 17.2 Å². The van der Waals surface area contributed by atoms with Crippen LogP contribution >= 0.6 is 0 Å². The maximum Gasteiger partial charge on any atom is 0.293 e. The average molecular weight is 388 g/mol. The molecule has 4 N–H and O–H groups in total. The van der Waals surface area contributed by atoms with Crippen molar-refractivity contribution in [1.29, 1.82) is 0 Å². The monoisotopic (exact) mass is 388 g/mol. The molecule has 0 aliphatic heterocycles. The number of phenolic OH excluding ortho intramolecular Hbond substituents is 1. The van der Waals surface area contributed by atoms with E-state index in [-0.39, 0.29) is 41.1 Å². The number of nitrogens with two attached hydrogens (primary N) is 1. The standard InChI is InChI=1S/C15H16N8O5/c1-26-7-9-11(18-22-23(9)14-13(16)20-28-21-14)15(25)19-17-6-8-4-3-5-10(27-2)12(8)24/h3-6,24H,7H2,1-2H3,(H2,16,20)(H,19,25)/b17-6+. The van der Waals surface area contributed by atoms with Gasteiger partial charge in [-0.05, 0) is 22.4 Å². The van der Waals surface area contributed by atoms with Crippen LogP contribution in [0.2, 0.25) is 0 Å². The summed E-state index contributed by atoms with van der Waals surface area (Å²) in [6.07, 6.45) is 1.26. The van der Waals surface area contributed by atoms with Crippen LogP contribution in [0.5, 0.6) is 11.5 Å². The molecule has 146 valence electrons. The van der Waals surface area contributed by atoms with Gasteiger partial charge in [-0.1, -0.05) is 11.3 Å². The number of methoxy groups -OCH3 is 2. The Bertz CT molecular complexity index is 1010. The number of carbonyl (C=O) groups is 1. The van der Waals surface area contributed by atoms with Gasteiger partial charge in [0.1, 0.15) is 5.69 Å². The van der Waals surface area contributed by atoms with Gasteiger partial charge in [0.25, 0.3) is 5.91 Å². The number of rotatable bonds is 7. The van der Waals surface area contributed by atoms with Gasteiger partial charge in [-0.2, -0.15) is 9.78 Å². The van der Waals surface area contributed by atoms with Crippen molar-refractivity contribution in [2.45, 2.75) is 6.61 Å². The quantitative estimate of drug-likeness (QED) is 0.364. The molecule has 13 heteroatoms. The molecule has 13 nitrogen and oxygen atoms in total. The van der Waals surface area contributed by atoms with Gasteiger partial charge in [-0.15, -0.1) is 5.10 Å². The van der Waals surface area contributed by atoms with Gasteiger partial charge in [0, 0.05) is 12.7 Å². The molecule has 0 fully saturated rings. The zero-order valence-electron chi connectivity index (χ0n) is 14.9. The fourth-order valence-electron chi connectivity index (χ4n) is 2.27. The second-order valence-corrected chi connectivity index (χ2v) is 5.30. The van der Waals surface area contributed by atoms with Crippen molar-refractivity contribution < 1.29 is 24.0 Å². The predicted octanol–water partition coefficient (Wildman–Crippen LogP) is -0.143. The number of ether oxygens (including phenoxy) is 2. The number of hydrogen-bond donors (Lipinski definition) is 3. The summed E-state index contributed by atoms with van der Waals surface area (Å²) >= 11 is 0. The fraction of sp³-hybridized carbons (Fsp3) is 0.200. The zero-order chi connectivity index (χ0) is 20.1. The predicted molar refractivity (Wildman–Crippen MR) is 94.1 cm³/mol. The lowest BCUT2D eigenvalue weighted by atomic mass is 10.2. The molecular weight excluding hydrogens is 372 g/mol. The van der Waals surface area contributed by atoms with Crippen molar-refractivity contribution in [3.63, 3.8) is 0 Å². The first-order valence-electron chi connectivity index (χ1n) is 7.78. The van der Waals surface area contributed by atoms with E-state index in [4.69, 9.17) is 15.2 Å². The third-order valence-corrected chi connectivity index (χ3v) is 3.58. The Balaban J connectivity index is 1.81. The number of nitrogen functional groups attached to an aromatic ring is 1. The first kappa shape index (κ1) is 18.8. The first-order chi connectivity index (χ1) is 13.6. The summed E-state index contributed by atoms with van der Waals surface area (Å²) in [5.74, 6) is -0.446. The molecule has 1 aromatic carbocycles. The molecule has 3 aromatic rings. The number of aromatic hydroxyl groups is 1. The summed E-state index contributed by atoms with van der Waals surface area (Å²) in [6.45, 7) is -0.0115. The van der Waals surface area contributed by atoms with E-state index in [0.29, 0.717) is 5.56 Å². The van der Waals surface area contributed by atoms with Crippen LogP contribution in [0.15, 0.2) is 27.9 Å². The molecule has 2 aromatic heterocycles. The third kappa shape index (κ3) is 3.59. The maximum absolute atomic E-state index is 12.4. The molecule has 0 spiro atoms. The number of benzene rings is 1. The summed E-state index contributed by atoms with van der Waals surface area (Å²) in [5, 5.41) is 28.6. The normalized spacial score (nSPS) is 11.1. The Morgan fingerprint density at radius 3 is 2.93 bits per heavy atom. The molecule has 0 saturated carbocycles. The lowest BCUT2D eigenvalue weighted by Crippen LogP contribution is -2.20. The van der Waals surface area contributed by atoms with Crippen molar-refractivity contribution in [1.82, 2.24) is 30.7 Å². The minimum Gasteiger partial charge on any atom is -0.504 e. The van der Waals surface area contributed by atoms with Crippen molar-refractivity contribution in [3.8, 4) is 17.3 Å². The van der Waals surface area contributed by atoms with E-state index >= 15 is 0 Å². The third-order valence-electron chi connectivity index (χ3n) is 3.58. The SMILES string of the molecule is COCc1c(C(=O)N/N=C/c2cccc(OC)c2O)nnn1-c1nonc1N. The van der Waals surface area contributed by atoms with E-state index in [1.54, 1.807) is 18.2 Å². The Kier molecular flexibility index (Phi) is 5.45. The van der Waals surface area contributed by atoms with Crippen molar-refractivity contribution in [2.75, 3.05) is 20.0 Å². The molecule has 28 heavy (non-hydrogen) atoms. The summed E-state index contributed by atoms with van der Waals surface area (Å²) in [7, 11) is 2.86. The van der Waals surface area contributed by atoms with Gasteiger partial charge in [-0.3, -0.25) is 4.79 Å². The Labute approximate surface area is 157 Å². The number of anilines is 1. The Morgan fingerprint density at radius 1 is 1.43 bits per heavy atom. The van der Waals surface area contributed by atoms with E-state index in [2.05, 4.69) is 35.8 Å². The van der Waals surface area contributed by atoms with E-state index in [1.165, 1.54) is 25.1 Å². The Hall–Kier alpha value is -4.00. The largest absolute Gasteiger partial charge is 0.504 e. The highest BCUT2D eigenvalue weighted by atomic mass is 16.6. The lowest BCUT2D eigenvalue weighted by Gasteiger charge is -2.05. The maximum atomic E-state index is 12.4. The number of aromatic nitrogens is 5. The number of carbonyl (C=O) groups excluding carboxylic acids is 1. The summed E-state index contributed by atoms with van der Waals surface area (Å²) in [5.41, 5.74) is 8.51. The van der Waals surface area contributed by atoms with Crippen LogP contribution in [0.4, 0.5) is 5.82 Å². The number of para-hydroxylation sites is 1. The van der Waals surface area contributed by atoms with E-state index in [0.717, 1.165) is 0 Å². The smallest absolute Gasteiger partial charge is 0.293 e. The summed E-state index contributed by atoms with van der Waals surface area (Å²) in [4.78, 5) is 12.4. The molecule has 0 aliphatic carbocycles. The Morgan fingerprint density at radius 2 is 2.25 bits per heavy atom. The van der Waals surface area contributed by atoms with Crippen LogP contribution in [0.1, 0.15) is 21.7 Å². The minimum absolute atomic E-state index is 0.0115. The van der Waals surface area contributed by atoms with Crippen molar-refractivity contribution >= 4 is 17.9 Å². The van der Waals surface area contributed by atoms with E-state index in [1.807, 2.05) is 0 Å².